The van der Waals surface area contributed by atoms with Crippen LogP contribution in [0.15, 0.2) is 24.3 Å². The Morgan fingerprint density at radius 3 is 2.29 bits per heavy atom. The zero-order valence-electron chi connectivity index (χ0n) is 17.5. The zero-order chi connectivity index (χ0) is 21.2. The van der Waals surface area contributed by atoms with Crippen LogP contribution in [0.2, 0.25) is 0 Å². The van der Waals surface area contributed by atoms with Crippen molar-refractivity contribution in [2.45, 2.75) is 77.7 Å². The quantitative estimate of drug-likeness (QED) is 0.534. The van der Waals surface area contributed by atoms with Crippen molar-refractivity contribution >= 4 is 12.0 Å². The third-order valence-corrected chi connectivity index (χ3v) is 4.18. The zero-order valence-corrected chi connectivity index (χ0v) is 17.5. The van der Waals surface area contributed by atoms with Crippen molar-refractivity contribution in [3.05, 3.63) is 35.4 Å². The molecule has 0 aromatic heterocycles. The number of hydrogen-bond donors (Lipinski definition) is 3. The molecule has 2 atom stereocenters. The molecule has 0 fully saturated rings. The lowest BCUT2D eigenvalue weighted by atomic mass is 10.1. The van der Waals surface area contributed by atoms with E-state index in [1.807, 2.05) is 19.1 Å². The van der Waals surface area contributed by atoms with Crippen LogP contribution in [-0.4, -0.2) is 36.3 Å². The highest BCUT2D eigenvalue weighted by Gasteiger charge is 2.24. The summed E-state index contributed by atoms with van der Waals surface area (Å²) < 4.78 is 11.2. The molecule has 1 aromatic carbocycles. The molecule has 2 amide bonds. The minimum Gasteiger partial charge on any atom is -0.444 e. The van der Waals surface area contributed by atoms with Crippen LogP contribution < -0.4 is 16.8 Å². The van der Waals surface area contributed by atoms with Crippen molar-refractivity contribution in [2.75, 3.05) is 6.54 Å². The van der Waals surface area contributed by atoms with Crippen LogP contribution in [0.3, 0.4) is 0 Å². The fraction of sp³-hybridized carbons (Fsp3) is 0.619. The number of nitrogens with one attached hydrogen (secondary N) is 1. The molecule has 0 heterocycles. The highest BCUT2D eigenvalue weighted by Crippen LogP contribution is 2.13. The number of ether oxygens (including phenoxy) is 2. The molecular formula is C21H35N3O4. The van der Waals surface area contributed by atoms with E-state index in [1.165, 1.54) is 5.56 Å². The molecule has 1 aromatic rings. The van der Waals surface area contributed by atoms with E-state index in [2.05, 4.69) is 17.4 Å². The van der Waals surface area contributed by atoms with Crippen LogP contribution in [0.5, 0.6) is 0 Å². The Morgan fingerprint density at radius 2 is 1.75 bits per heavy atom. The number of alkyl carbamates (subject to hydrolysis) is 1. The van der Waals surface area contributed by atoms with E-state index in [1.54, 1.807) is 20.8 Å². The number of amides is 2. The molecule has 0 aliphatic rings. The van der Waals surface area contributed by atoms with Crippen LogP contribution in [0, 0.1) is 0 Å². The standard InChI is InChI=1S/C21H35N3O4/c1-15(27-14-17-9-7-16(8-10-17)6-5-13-22)18(11-12-19(23)25)24-20(26)28-21(2,3)4/h7-10,15,18H,5-6,11-14,22H2,1-4H3,(H2,23,25)(H,24,26)/t15-,18+/m1/s1. The molecule has 7 heteroatoms. The number of primary amides is 1. The van der Waals surface area contributed by atoms with Crippen molar-refractivity contribution in [1.82, 2.24) is 5.32 Å². The van der Waals surface area contributed by atoms with Gasteiger partial charge in [0.25, 0.3) is 0 Å². The Bertz CT molecular complexity index is 611. The van der Waals surface area contributed by atoms with Crippen molar-refractivity contribution in [2.24, 2.45) is 11.5 Å². The fourth-order valence-electron chi connectivity index (χ4n) is 2.63. The molecule has 7 nitrogen and oxygen atoms in total. The van der Waals surface area contributed by atoms with Gasteiger partial charge in [-0.2, -0.15) is 0 Å². The molecule has 0 radical (unpaired) electrons. The number of carbonyl (C=O) groups excluding carboxylic acids is 2. The number of benzene rings is 1. The number of nitrogens with two attached hydrogens (primary N) is 2. The average molecular weight is 394 g/mol. The van der Waals surface area contributed by atoms with Crippen LogP contribution in [-0.2, 0) is 27.3 Å². The molecule has 0 saturated heterocycles. The molecule has 0 aliphatic heterocycles. The van der Waals surface area contributed by atoms with Gasteiger partial charge in [0.1, 0.15) is 5.60 Å². The predicted molar refractivity (Wildman–Crippen MR) is 110 cm³/mol. The van der Waals surface area contributed by atoms with E-state index in [9.17, 15) is 9.59 Å². The van der Waals surface area contributed by atoms with Gasteiger partial charge in [-0.05, 0) is 64.6 Å². The van der Waals surface area contributed by atoms with E-state index in [4.69, 9.17) is 20.9 Å². The highest BCUT2D eigenvalue weighted by molar-refractivity contribution is 5.74. The largest absolute Gasteiger partial charge is 0.444 e. The van der Waals surface area contributed by atoms with Gasteiger partial charge in [-0.1, -0.05) is 24.3 Å². The Kier molecular flexibility index (Phi) is 9.96. The Morgan fingerprint density at radius 1 is 1.14 bits per heavy atom. The second-order valence-electron chi connectivity index (χ2n) is 7.98. The van der Waals surface area contributed by atoms with Crippen LogP contribution in [0.1, 0.15) is 58.1 Å². The van der Waals surface area contributed by atoms with Gasteiger partial charge in [-0.25, -0.2) is 4.79 Å². The first kappa shape index (κ1) is 23.9. The van der Waals surface area contributed by atoms with Gasteiger partial charge >= 0.3 is 6.09 Å². The summed E-state index contributed by atoms with van der Waals surface area (Å²) in [6.07, 6.45) is 1.61. The van der Waals surface area contributed by atoms with Crippen LogP contribution in [0.25, 0.3) is 0 Å². The molecule has 0 unspecified atom stereocenters. The summed E-state index contributed by atoms with van der Waals surface area (Å²) in [4.78, 5) is 23.3. The molecule has 0 aliphatic carbocycles. The van der Waals surface area contributed by atoms with Crippen LogP contribution in [0.4, 0.5) is 4.79 Å². The molecule has 0 saturated carbocycles. The second kappa shape index (κ2) is 11.7. The number of hydrogen-bond acceptors (Lipinski definition) is 5. The number of carbonyl (C=O) groups is 2. The number of rotatable bonds is 11. The van der Waals surface area contributed by atoms with Gasteiger partial charge in [-0.3, -0.25) is 4.79 Å². The van der Waals surface area contributed by atoms with Crippen molar-refractivity contribution in [3.8, 4) is 0 Å². The lowest BCUT2D eigenvalue weighted by Crippen LogP contribution is -2.45. The summed E-state index contributed by atoms with van der Waals surface area (Å²) in [6, 6.07) is 7.81. The fourth-order valence-corrected chi connectivity index (χ4v) is 2.63. The predicted octanol–water partition coefficient (Wildman–Crippen LogP) is 2.64. The summed E-state index contributed by atoms with van der Waals surface area (Å²) in [6.45, 7) is 8.33. The molecule has 5 N–H and O–H groups in total. The molecule has 1 rings (SSSR count). The summed E-state index contributed by atoms with van der Waals surface area (Å²) in [5.41, 5.74) is 12.5. The lowest BCUT2D eigenvalue weighted by molar-refractivity contribution is -0.118. The summed E-state index contributed by atoms with van der Waals surface area (Å²) in [5, 5.41) is 2.79. The smallest absolute Gasteiger partial charge is 0.407 e. The normalized spacial score (nSPS) is 13.6. The van der Waals surface area contributed by atoms with Gasteiger partial charge in [0.2, 0.25) is 5.91 Å². The Hall–Kier alpha value is -2.12. The molecule has 158 valence electrons. The van der Waals surface area contributed by atoms with Gasteiger partial charge in [-0.15, -0.1) is 0 Å². The SMILES string of the molecule is C[C@@H](OCc1ccc(CCCN)cc1)[C@H](CCC(N)=O)NC(=O)OC(C)(C)C. The summed E-state index contributed by atoms with van der Waals surface area (Å²) in [7, 11) is 0. The van der Waals surface area contributed by atoms with E-state index in [-0.39, 0.29) is 18.6 Å². The van der Waals surface area contributed by atoms with Gasteiger partial charge in [0.05, 0.1) is 18.8 Å². The molecule has 0 bridgehead atoms. The molecule has 0 spiro atoms. The Labute approximate surface area is 168 Å². The summed E-state index contributed by atoms with van der Waals surface area (Å²) in [5.74, 6) is -0.420. The van der Waals surface area contributed by atoms with Crippen molar-refractivity contribution < 1.29 is 19.1 Å². The van der Waals surface area contributed by atoms with Gasteiger partial charge < -0.3 is 26.3 Å². The maximum absolute atomic E-state index is 12.1. The monoisotopic (exact) mass is 393 g/mol. The minimum absolute atomic E-state index is 0.157. The third kappa shape index (κ3) is 10.3. The Balaban J connectivity index is 2.62. The van der Waals surface area contributed by atoms with Gasteiger partial charge in [0, 0.05) is 6.42 Å². The second-order valence-corrected chi connectivity index (χ2v) is 7.98. The van der Waals surface area contributed by atoms with E-state index in [0.717, 1.165) is 18.4 Å². The minimum atomic E-state index is -0.603. The average Bonchev–Trinajstić information content (AvgIpc) is 2.60. The maximum Gasteiger partial charge on any atom is 0.407 e. The summed E-state index contributed by atoms with van der Waals surface area (Å²) >= 11 is 0. The lowest BCUT2D eigenvalue weighted by Gasteiger charge is -2.27. The molecular weight excluding hydrogens is 358 g/mol. The van der Waals surface area contributed by atoms with E-state index in [0.29, 0.717) is 19.6 Å². The van der Waals surface area contributed by atoms with Crippen molar-refractivity contribution in [1.29, 1.82) is 0 Å². The highest BCUT2D eigenvalue weighted by atomic mass is 16.6. The first-order chi connectivity index (χ1) is 13.1. The van der Waals surface area contributed by atoms with Crippen molar-refractivity contribution in [3.63, 3.8) is 0 Å². The van der Waals surface area contributed by atoms with E-state index < -0.39 is 17.6 Å². The third-order valence-electron chi connectivity index (χ3n) is 4.18. The van der Waals surface area contributed by atoms with Crippen LogP contribution >= 0.6 is 0 Å². The number of aryl methyl sites for hydroxylation is 1. The first-order valence-corrected chi connectivity index (χ1v) is 9.78. The van der Waals surface area contributed by atoms with Gasteiger partial charge in [0.15, 0.2) is 0 Å². The maximum atomic E-state index is 12.1. The topological polar surface area (TPSA) is 117 Å². The first-order valence-electron chi connectivity index (χ1n) is 9.78. The van der Waals surface area contributed by atoms with E-state index >= 15 is 0 Å². The molecule has 28 heavy (non-hydrogen) atoms.